The molecule has 0 aliphatic heterocycles. The van der Waals surface area contributed by atoms with Gasteiger partial charge < -0.3 is 19.7 Å². The second-order valence-corrected chi connectivity index (χ2v) is 8.73. The van der Waals surface area contributed by atoms with E-state index in [9.17, 15) is 9.59 Å². The van der Waals surface area contributed by atoms with E-state index in [0.29, 0.717) is 18.2 Å². The van der Waals surface area contributed by atoms with E-state index in [-0.39, 0.29) is 6.42 Å². The molecule has 0 aliphatic rings. The topological polar surface area (TPSA) is 67.9 Å². The molecule has 1 N–H and O–H groups in total. The van der Waals surface area contributed by atoms with Crippen molar-refractivity contribution in [3.63, 3.8) is 0 Å². The average molecular weight is 478 g/mol. The molecule has 0 saturated heterocycles. The lowest BCUT2D eigenvalue weighted by Crippen LogP contribution is -2.39. The number of rotatable bonds is 9. The Labute approximate surface area is 181 Å². The molecule has 1 aromatic rings. The Bertz CT molecular complexity index is 658. The van der Waals surface area contributed by atoms with E-state index in [2.05, 4.69) is 26.1 Å². The van der Waals surface area contributed by atoms with Gasteiger partial charge in [0.05, 0.1) is 12.1 Å². The number of amides is 1. The first-order valence-electron chi connectivity index (χ1n) is 9.23. The van der Waals surface area contributed by atoms with Crippen molar-refractivity contribution in [2.24, 2.45) is 0 Å². The SMILES string of the molecule is Cc1ccc(N(CCCl)CCBr)c(OC(=O)CC(C)NC(=O)OC(C)(C)C)c1. The number of alkyl carbamates (subject to hydrolysis) is 1. The van der Waals surface area contributed by atoms with Crippen LogP contribution in [-0.4, -0.2) is 48.0 Å². The number of halogens is 2. The van der Waals surface area contributed by atoms with Crippen LogP contribution in [0.1, 0.15) is 39.7 Å². The Kier molecular flexibility index (Phi) is 10.1. The normalized spacial score (nSPS) is 12.2. The third kappa shape index (κ3) is 9.15. The van der Waals surface area contributed by atoms with Gasteiger partial charge >= 0.3 is 12.1 Å². The van der Waals surface area contributed by atoms with Gasteiger partial charge in [-0.3, -0.25) is 4.79 Å². The van der Waals surface area contributed by atoms with E-state index in [1.165, 1.54) is 0 Å². The fourth-order valence-corrected chi connectivity index (χ4v) is 3.13. The van der Waals surface area contributed by atoms with Gasteiger partial charge in [0.25, 0.3) is 0 Å². The van der Waals surface area contributed by atoms with E-state index >= 15 is 0 Å². The molecule has 0 fully saturated rings. The van der Waals surface area contributed by atoms with Crippen LogP contribution in [0.25, 0.3) is 0 Å². The van der Waals surface area contributed by atoms with Crippen LogP contribution in [0.4, 0.5) is 10.5 Å². The van der Waals surface area contributed by atoms with Gasteiger partial charge in [0.15, 0.2) is 5.75 Å². The quantitative estimate of drug-likeness (QED) is 0.319. The summed E-state index contributed by atoms with van der Waals surface area (Å²) in [5.74, 6) is 0.520. The van der Waals surface area contributed by atoms with Crippen molar-refractivity contribution in [1.82, 2.24) is 5.32 Å². The first-order chi connectivity index (χ1) is 13.1. The van der Waals surface area contributed by atoms with Crippen molar-refractivity contribution >= 4 is 45.3 Å². The minimum absolute atomic E-state index is 0.0283. The summed E-state index contributed by atoms with van der Waals surface area (Å²) in [5.41, 5.74) is 1.20. The number of carbonyl (C=O) groups is 2. The molecule has 0 aliphatic carbocycles. The molecule has 28 heavy (non-hydrogen) atoms. The summed E-state index contributed by atoms with van der Waals surface area (Å²) in [4.78, 5) is 26.3. The molecule has 0 spiro atoms. The van der Waals surface area contributed by atoms with Crippen LogP contribution in [0.5, 0.6) is 5.75 Å². The highest BCUT2D eigenvalue weighted by Crippen LogP contribution is 2.30. The van der Waals surface area contributed by atoms with Crippen molar-refractivity contribution in [3.05, 3.63) is 23.8 Å². The number of anilines is 1. The molecule has 1 amide bonds. The molecule has 0 bridgehead atoms. The van der Waals surface area contributed by atoms with Gasteiger partial charge in [0, 0.05) is 30.3 Å². The summed E-state index contributed by atoms with van der Waals surface area (Å²) in [6, 6.07) is 5.30. The maximum absolute atomic E-state index is 12.4. The lowest BCUT2D eigenvalue weighted by atomic mass is 10.2. The van der Waals surface area contributed by atoms with Crippen LogP contribution >= 0.6 is 27.5 Å². The number of esters is 1. The number of aryl methyl sites for hydroxylation is 1. The predicted octanol–water partition coefficient (Wildman–Crippen LogP) is 4.64. The molecule has 158 valence electrons. The minimum atomic E-state index is -0.595. The number of carbonyl (C=O) groups excluding carboxylic acids is 2. The fourth-order valence-electron chi connectivity index (χ4n) is 2.50. The number of ether oxygens (including phenoxy) is 2. The summed E-state index contributed by atoms with van der Waals surface area (Å²) >= 11 is 9.36. The molecule has 6 nitrogen and oxygen atoms in total. The number of alkyl halides is 2. The third-order valence-electron chi connectivity index (χ3n) is 3.62. The van der Waals surface area contributed by atoms with E-state index < -0.39 is 23.7 Å². The van der Waals surface area contributed by atoms with Crippen LogP contribution in [0.15, 0.2) is 18.2 Å². The first kappa shape index (κ1) is 24.6. The average Bonchev–Trinajstić information content (AvgIpc) is 2.52. The summed E-state index contributed by atoms with van der Waals surface area (Å²) in [6.07, 6.45) is -0.532. The number of benzene rings is 1. The smallest absolute Gasteiger partial charge is 0.407 e. The Morgan fingerprint density at radius 1 is 1.29 bits per heavy atom. The van der Waals surface area contributed by atoms with Crippen LogP contribution < -0.4 is 15.0 Å². The monoisotopic (exact) mass is 476 g/mol. The Morgan fingerprint density at radius 2 is 1.96 bits per heavy atom. The second-order valence-electron chi connectivity index (χ2n) is 7.56. The standard InChI is InChI=1S/C20H30BrClN2O4/c1-14-6-7-16(24(10-8-21)11-9-22)17(12-14)27-18(25)13-15(2)23-19(26)28-20(3,4)5/h6-7,12,15H,8-11,13H2,1-5H3,(H,23,26). The number of hydrogen-bond acceptors (Lipinski definition) is 5. The maximum atomic E-state index is 12.4. The first-order valence-corrected chi connectivity index (χ1v) is 10.9. The van der Waals surface area contributed by atoms with Crippen LogP contribution in [0.2, 0.25) is 0 Å². The van der Waals surface area contributed by atoms with Gasteiger partial charge in [0.2, 0.25) is 0 Å². The van der Waals surface area contributed by atoms with Gasteiger partial charge in [-0.1, -0.05) is 22.0 Å². The third-order valence-corrected chi connectivity index (χ3v) is 4.15. The predicted molar refractivity (Wildman–Crippen MR) is 117 cm³/mol. The number of nitrogens with zero attached hydrogens (tertiary/aromatic N) is 1. The molecule has 1 rings (SSSR count). The van der Waals surface area contributed by atoms with Crippen molar-refractivity contribution < 1.29 is 19.1 Å². The van der Waals surface area contributed by atoms with Gasteiger partial charge in [-0.05, 0) is 52.3 Å². The Morgan fingerprint density at radius 3 is 2.54 bits per heavy atom. The number of hydrogen-bond donors (Lipinski definition) is 1. The van der Waals surface area contributed by atoms with Crippen molar-refractivity contribution in [3.8, 4) is 5.75 Å². The number of nitrogens with one attached hydrogen (secondary N) is 1. The van der Waals surface area contributed by atoms with E-state index in [1.54, 1.807) is 27.7 Å². The molecule has 1 unspecified atom stereocenters. The Hall–Kier alpha value is -1.47. The minimum Gasteiger partial charge on any atom is -0.444 e. The Balaban J connectivity index is 2.79. The highest BCUT2D eigenvalue weighted by Gasteiger charge is 2.21. The lowest BCUT2D eigenvalue weighted by molar-refractivity contribution is -0.134. The highest BCUT2D eigenvalue weighted by atomic mass is 79.9. The molecular formula is C20H30BrClN2O4. The van der Waals surface area contributed by atoms with Gasteiger partial charge in [0.1, 0.15) is 5.60 Å². The largest absolute Gasteiger partial charge is 0.444 e. The maximum Gasteiger partial charge on any atom is 0.407 e. The molecular weight excluding hydrogens is 448 g/mol. The van der Waals surface area contributed by atoms with Gasteiger partial charge in [-0.15, -0.1) is 11.6 Å². The van der Waals surface area contributed by atoms with E-state index in [4.69, 9.17) is 21.1 Å². The van der Waals surface area contributed by atoms with Crippen LogP contribution in [-0.2, 0) is 9.53 Å². The highest BCUT2D eigenvalue weighted by molar-refractivity contribution is 9.09. The van der Waals surface area contributed by atoms with Crippen molar-refractivity contribution in [1.29, 1.82) is 0 Å². The van der Waals surface area contributed by atoms with Crippen LogP contribution in [0.3, 0.4) is 0 Å². The zero-order chi connectivity index (χ0) is 21.3. The summed E-state index contributed by atoms with van der Waals surface area (Å²) < 4.78 is 10.8. The molecule has 8 heteroatoms. The zero-order valence-corrected chi connectivity index (χ0v) is 19.5. The molecule has 1 atom stereocenters. The molecule has 0 radical (unpaired) electrons. The van der Waals surface area contributed by atoms with E-state index in [1.807, 2.05) is 25.1 Å². The summed E-state index contributed by atoms with van der Waals surface area (Å²) in [6.45, 7) is 10.4. The van der Waals surface area contributed by atoms with Gasteiger partial charge in [-0.25, -0.2) is 4.79 Å². The lowest BCUT2D eigenvalue weighted by Gasteiger charge is -2.25. The summed E-state index contributed by atoms with van der Waals surface area (Å²) in [7, 11) is 0. The van der Waals surface area contributed by atoms with Crippen molar-refractivity contribution in [2.45, 2.75) is 52.7 Å². The molecule has 0 heterocycles. The van der Waals surface area contributed by atoms with Gasteiger partial charge in [-0.2, -0.15) is 0 Å². The molecule has 1 aromatic carbocycles. The zero-order valence-electron chi connectivity index (χ0n) is 17.2. The molecule has 0 aromatic heterocycles. The van der Waals surface area contributed by atoms with E-state index in [0.717, 1.165) is 23.1 Å². The van der Waals surface area contributed by atoms with Crippen molar-refractivity contribution in [2.75, 3.05) is 29.2 Å². The van der Waals surface area contributed by atoms with Crippen LogP contribution in [0, 0.1) is 6.92 Å². The fraction of sp³-hybridized carbons (Fsp3) is 0.600. The second kappa shape index (κ2) is 11.5. The molecule has 0 saturated carbocycles. The summed E-state index contributed by atoms with van der Waals surface area (Å²) in [5, 5.41) is 3.41.